The summed E-state index contributed by atoms with van der Waals surface area (Å²) in [4.78, 5) is 30.6. The van der Waals surface area contributed by atoms with E-state index in [4.69, 9.17) is 0 Å². The van der Waals surface area contributed by atoms with E-state index in [2.05, 4.69) is 17.1 Å². The van der Waals surface area contributed by atoms with Gasteiger partial charge >= 0.3 is 0 Å². The average Bonchev–Trinajstić information content (AvgIpc) is 2.86. The molecular weight excluding hydrogens is 449 g/mol. The topological polar surface area (TPSA) is 52.7 Å². The summed E-state index contributed by atoms with van der Waals surface area (Å²) in [5, 5.41) is 2.97. The predicted molar refractivity (Wildman–Crippen MR) is 137 cm³/mol. The van der Waals surface area contributed by atoms with Gasteiger partial charge in [-0.2, -0.15) is 0 Å². The molecule has 0 fully saturated rings. The van der Waals surface area contributed by atoms with Gasteiger partial charge in [0.05, 0.1) is 10.6 Å². The molecule has 2 amide bonds. The fourth-order valence-electron chi connectivity index (χ4n) is 3.78. The van der Waals surface area contributed by atoms with Crippen LogP contribution in [0.15, 0.2) is 82.6 Å². The maximum Gasteiger partial charge on any atom is 0.264 e. The van der Waals surface area contributed by atoms with E-state index in [1.807, 2.05) is 36.4 Å². The second-order valence-electron chi connectivity index (χ2n) is 7.85. The molecule has 3 aromatic carbocycles. The number of benzene rings is 3. The highest BCUT2D eigenvalue weighted by molar-refractivity contribution is 8.04. The maximum absolute atomic E-state index is 14.1. The molecule has 0 aliphatic carbocycles. The molecule has 0 saturated heterocycles. The second kappa shape index (κ2) is 10.6. The number of para-hydroxylation sites is 1. The monoisotopic (exact) mass is 475 g/mol. The number of hydrogen-bond donors (Lipinski definition) is 1. The van der Waals surface area contributed by atoms with E-state index in [0.717, 1.165) is 17.1 Å². The van der Waals surface area contributed by atoms with Crippen LogP contribution in [0.4, 0.5) is 15.8 Å². The molecule has 1 aliphatic rings. The Balaban J connectivity index is 1.45. The Morgan fingerprint density at radius 1 is 1.09 bits per heavy atom. The molecule has 0 atom stereocenters. The smallest absolute Gasteiger partial charge is 0.264 e. The van der Waals surface area contributed by atoms with Crippen LogP contribution in [-0.2, 0) is 4.79 Å². The van der Waals surface area contributed by atoms with Gasteiger partial charge in [-0.1, -0.05) is 48.2 Å². The normalized spacial score (nSPS) is 14.1. The Bertz CT molecular complexity index is 1230. The van der Waals surface area contributed by atoms with Crippen LogP contribution in [0.1, 0.15) is 22.8 Å². The molecule has 0 radical (unpaired) electrons. The van der Waals surface area contributed by atoms with Crippen molar-refractivity contribution >= 4 is 41.0 Å². The van der Waals surface area contributed by atoms with Gasteiger partial charge in [0.25, 0.3) is 11.8 Å². The van der Waals surface area contributed by atoms with Crippen molar-refractivity contribution in [3.63, 3.8) is 0 Å². The number of carbonyl (C=O) groups excluding carboxylic acids is 2. The molecule has 7 heteroatoms. The minimum atomic E-state index is -0.377. The van der Waals surface area contributed by atoms with Gasteiger partial charge in [-0.15, -0.1) is 0 Å². The maximum atomic E-state index is 14.1. The number of likely N-dealkylation sites (N-methyl/N-ethyl adjacent to an activating group) is 2. The van der Waals surface area contributed by atoms with Crippen LogP contribution in [0.25, 0.3) is 6.08 Å². The van der Waals surface area contributed by atoms with Crippen LogP contribution < -0.4 is 15.1 Å². The van der Waals surface area contributed by atoms with Crippen molar-refractivity contribution in [1.82, 2.24) is 5.32 Å². The first-order chi connectivity index (χ1) is 16.5. The number of nitrogens with one attached hydrogen (secondary N) is 1. The van der Waals surface area contributed by atoms with E-state index in [9.17, 15) is 14.0 Å². The summed E-state index contributed by atoms with van der Waals surface area (Å²) < 4.78 is 14.1. The fraction of sp³-hybridized carbons (Fsp3) is 0.185. The number of anilines is 2. The number of halogens is 1. The number of hydrogen-bond acceptors (Lipinski definition) is 4. The Hall–Kier alpha value is -3.58. The number of fused-ring (bicyclic) bond motifs is 1. The summed E-state index contributed by atoms with van der Waals surface area (Å²) >= 11 is 1.28. The number of nitrogens with zero attached hydrogens (tertiary/aromatic N) is 2. The largest absolute Gasteiger partial charge is 0.370 e. The molecule has 4 rings (SSSR count). The predicted octanol–water partition coefficient (Wildman–Crippen LogP) is 5.19. The average molecular weight is 476 g/mol. The molecule has 5 nitrogen and oxygen atoms in total. The van der Waals surface area contributed by atoms with Crippen LogP contribution >= 0.6 is 11.8 Å². The molecular formula is C27H26FN3O2S. The quantitative estimate of drug-likeness (QED) is 0.478. The van der Waals surface area contributed by atoms with Gasteiger partial charge < -0.3 is 15.1 Å². The number of thioether (sulfide) groups is 1. The molecule has 1 aliphatic heterocycles. The van der Waals surface area contributed by atoms with Gasteiger partial charge in [-0.25, -0.2) is 4.39 Å². The summed E-state index contributed by atoms with van der Waals surface area (Å²) in [6, 6.07) is 21.7. The minimum Gasteiger partial charge on any atom is -0.370 e. The summed E-state index contributed by atoms with van der Waals surface area (Å²) in [5.74, 6) is -0.803. The zero-order valence-electron chi connectivity index (χ0n) is 19.1. The number of rotatable bonds is 7. The summed E-state index contributed by atoms with van der Waals surface area (Å²) in [6.45, 7) is 4.11. The van der Waals surface area contributed by atoms with Crippen LogP contribution in [0, 0.1) is 5.82 Å². The summed E-state index contributed by atoms with van der Waals surface area (Å²) in [5.41, 5.74) is 2.63. The van der Waals surface area contributed by atoms with E-state index in [-0.39, 0.29) is 17.6 Å². The van der Waals surface area contributed by atoms with E-state index in [0.29, 0.717) is 34.8 Å². The lowest BCUT2D eigenvalue weighted by Crippen LogP contribution is -2.35. The SMILES string of the molecule is CCN(CCNC(=O)c1ccc2c(c1)N(C)C(=O)C(=Cc1ccccc1F)S2)c1ccccc1. The lowest BCUT2D eigenvalue weighted by Gasteiger charge is -2.27. The highest BCUT2D eigenvalue weighted by Crippen LogP contribution is 2.42. The molecule has 1 N–H and O–H groups in total. The highest BCUT2D eigenvalue weighted by Gasteiger charge is 2.27. The van der Waals surface area contributed by atoms with Gasteiger partial charge in [0, 0.05) is 48.4 Å². The van der Waals surface area contributed by atoms with Gasteiger partial charge in [-0.3, -0.25) is 9.59 Å². The van der Waals surface area contributed by atoms with Crippen LogP contribution in [0.5, 0.6) is 0 Å². The van der Waals surface area contributed by atoms with Crippen molar-refractivity contribution in [3.8, 4) is 0 Å². The van der Waals surface area contributed by atoms with Crippen molar-refractivity contribution in [2.75, 3.05) is 36.5 Å². The zero-order chi connectivity index (χ0) is 24.1. The van der Waals surface area contributed by atoms with Crippen molar-refractivity contribution in [3.05, 3.63) is 94.6 Å². The van der Waals surface area contributed by atoms with Crippen molar-refractivity contribution < 1.29 is 14.0 Å². The van der Waals surface area contributed by atoms with Crippen LogP contribution in [-0.4, -0.2) is 38.5 Å². The van der Waals surface area contributed by atoms with Crippen LogP contribution in [0.3, 0.4) is 0 Å². The molecule has 0 unspecified atom stereocenters. The van der Waals surface area contributed by atoms with Gasteiger partial charge in [0.2, 0.25) is 0 Å². The number of amides is 2. The standard InChI is InChI=1S/C27H26FN3O2S/c1-3-31(21-10-5-4-6-11-21)16-15-29-26(32)20-13-14-24-23(17-20)30(2)27(33)25(34-24)18-19-9-7-8-12-22(19)28/h4-14,17-18H,3,15-16H2,1-2H3,(H,29,32). The lowest BCUT2D eigenvalue weighted by molar-refractivity contribution is -0.114. The molecule has 0 bridgehead atoms. The number of carbonyl (C=O) groups is 2. The van der Waals surface area contributed by atoms with E-state index < -0.39 is 0 Å². The highest BCUT2D eigenvalue weighted by atomic mass is 32.2. The molecule has 3 aromatic rings. The van der Waals surface area contributed by atoms with Gasteiger partial charge in [-0.05, 0) is 49.4 Å². The molecule has 34 heavy (non-hydrogen) atoms. The summed E-state index contributed by atoms with van der Waals surface area (Å²) in [6.07, 6.45) is 1.56. The first kappa shape index (κ1) is 23.6. The Kier molecular flexibility index (Phi) is 7.33. The third kappa shape index (κ3) is 5.15. The first-order valence-electron chi connectivity index (χ1n) is 11.1. The first-order valence-corrected chi connectivity index (χ1v) is 11.9. The van der Waals surface area contributed by atoms with E-state index in [1.165, 1.54) is 22.7 Å². The molecule has 1 heterocycles. The fourth-order valence-corrected chi connectivity index (χ4v) is 4.87. The van der Waals surface area contributed by atoms with Crippen molar-refractivity contribution in [1.29, 1.82) is 0 Å². The van der Waals surface area contributed by atoms with Gasteiger partial charge in [0.15, 0.2) is 0 Å². The molecule has 0 saturated carbocycles. The summed E-state index contributed by atoms with van der Waals surface area (Å²) in [7, 11) is 1.66. The van der Waals surface area contributed by atoms with Crippen molar-refractivity contribution in [2.24, 2.45) is 0 Å². The Labute approximate surface area is 203 Å². The second-order valence-corrected chi connectivity index (χ2v) is 8.93. The molecule has 0 aromatic heterocycles. The third-order valence-corrected chi connectivity index (χ3v) is 6.76. The third-order valence-electron chi connectivity index (χ3n) is 5.68. The van der Waals surface area contributed by atoms with Crippen LogP contribution in [0.2, 0.25) is 0 Å². The minimum absolute atomic E-state index is 0.189. The Morgan fingerprint density at radius 2 is 1.82 bits per heavy atom. The van der Waals surface area contributed by atoms with E-state index in [1.54, 1.807) is 43.5 Å². The Morgan fingerprint density at radius 3 is 2.56 bits per heavy atom. The molecule has 0 spiro atoms. The lowest BCUT2D eigenvalue weighted by atomic mass is 10.1. The van der Waals surface area contributed by atoms with Gasteiger partial charge in [0.1, 0.15) is 5.82 Å². The molecule has 174 valence electrons. The zero-order valence-corrected chi connectivity index (χ0v) is 19.9. The van der Waals surface area contributed by atoms with Crippen molar-refractivity contribution in [2.45, 2.75) is 11.8 Å². The van der Waals surface area contributed by atoms with E-state index >= 15 is 0 Å².